The van der Waals surface area contributed by atoms with Gasteiger partial charge in [-0.25, -0.2) is 4.57 Å². The van der Waals surface area contributed by atoms with E-state index >= 15 is 0 Å². The molecule has 1 fully saturated rings. The average molecular weight is 354 g/mol. The van der Waals surface area contributed by atoms with Crippen LogP contribution in [-0.4, -0.2) is 26.4 Å². The van der Waals surface area contributed by atoms with Crippen LogP contribution >= 0.6 is 7.60 Å². The summed E-state index contributed by atoms with van der Waals surface area (Å²) < 4.78 is 52.2. The fourth-order valence-corrected chi connectivity index (χ4v) is 5.96. The Morgan fingerprint density at radius 2 is 1.39 bits per heavy atom. The van der Waals surface area contributed by atoms with Crippen molar-refractivity contribution in [1.82, 2.24) is 0 Å². The van der Waals surface area contributed by atoms with Crippen LogP contribution in [0.5, 0.6) is 11.5 Å². The van der Waals surface area contributed by atoms with E-state index in [4.69, 9.17) is 13.2 Å². The topological polar surface area (TPSA) is 78.9 Å². The van der Waals surface area contributed by atoms with Gasteiger partial charge in [0.25, 0.3) is 10.1 Å². The maximum Gasteiger partial charge on any atom is 0.437 e. The Bertz CT molecular complexity index is 761. The van der Waals surface area contributed by atoms with Crippen LogP contribution in [0.2, 0.25) is 0 Å². The van der Waals surface area contributed by atoms with Crippen LogP contribution in [0.3, 0.4) is 0 Å². The first-order valence-corrected chi connectivity index (χ1v) is 10.1. The number of hydrogen-bond donors (Lipinski definition) is 0. The molecule has 8 heteroatoms. The van der Waals surface area contributed by atoms with Gasteiger partial charge in [0.15, 0.2) is 0 Å². The van der Waals surface area contributed by atoms with Gasteiger partial charge in [0.1, 0.15) is 17.2 Å². The summed E-state index contributed by atoms with van der Waals surface area (Å²) in [6.07, 6.45) is 0. The van der Waals surface area contributed by atoms with E-state index in [-0.39, 0.29) is 6.61 Å². The molecule has 1 saturated heterocycles. The highest BCUT2D eigenvalue weighted by atomic mass is 32.2. The van der Waals surface area contributed by atoms with Crippen molar-refractivity contribution in [1.29, 1.82) is 0 Å². The number of benzene rings is 2. The van der Waals surface area contributed by atoms with Gasteiger partial charge in [0, 0.05) is 0 Å². The lowest BCUT2D eigenvalue weighted by Gasteiger charge is -2.23. The number of rotatable bonds is 5. The van der Waals surface area contributed by atoms with Gasteiger partial charge in [-0.05, 0) is 24.3 Å². The fourth-order valence-electron chi connectivity index (χ4n) is 2.12. The van der Waals surface area contributed by atoms with E-state index in [2.05, 4.69) is 0 Å². The Kier molecular flexibility index (Phi) is 4.43. The van der Waals surface area contributed by atoms with Crippen molar-refractivity contribution in [3.05, 3.63) is 60.7 Å². The Hall–Kier alpha value is -1.82. The van der Waals surface area contributed by atoms with Crippen LogP contribution in [0, 0.1) is 0 Å². The van der Waals surface area contributed by atoms with Crippen LogP contribution in [0.15, 0.2) is 60.7 Å². The van der Waals surface area contributed by atoms with E-state index in [1.165, 1.54) is 0 Å². The molecule has 2 aromatic carbocycles. The molecular weight excluding hydrogens is 339 g/mol. The zero-order chi connectivity index (χ0) is 16.3. The molecule has 1 aliphatic rings. The summed E-state index contributed by atoms with van der Waals surface area (Å²) in [4.78, 5) is 0. The lowest BCUT2D eigenvalue weighted by Crippen LogP contribution is -2.20. The molecule has 1 aliphatic heterocycles. The highest BCUT2D eigenvalue weighted by Crippen LogP contribution is 2.54. The van der Waals surface area contributed by atoms with Gasteiger partial charge in [-0.15, -0.1) is 0 Å². The molecule has 3 rings (SSSR count). The highest BCUT2D eigenvalue weighted by molar-refractivity contribution is 7.87. The molecular formula is C15H15O6PS. The summed E-state index contributed by atoms with van der Waals surface area (Å²) in [6.45, 7) is -0.223. The summed E-state index contributed by atoms with van der Waals surface area (Å²) in [5, 5.41) is 0. The molecule has 2 aromatic rings. The highest BCUT2D eigenvalue weighted by Gasteiger charge is 2.47. The monoisotopic (exact) mass is 354 g/mol. The van der Waals surface area contributed by atoms with Crippen LogP contribution < -0.4 is 9.05 Å². The Balaban J connectivity index is 1.91. The molecule has 6 nitrogen and oxygen atoms in total. The van der Waals surface area contributed by atoms with Crippen molar-refractivity contribution in [3.8, 4) is 11.5 Å². The van der Waals surface area contributed by atoms with Gasteiger partial charge in [0.2, 0.25) is 0 Å². The van der Waals surface area contributed by atoms with Crippen LogP contribution in [-0.2, 0) is 18.9 Å². The second-order valence-electron chi connectivity index (χ2n) is 5.01. The molecule has 0 aliphatic carbocycles. The first-order valence-electron chi connectivity index (χ1n) is 6.93. The predicted molar refractivity (Wildman–Crippen MR) is 85.3 cm³/mol. The van der Waals surface area contributed by atoms with Crippen LogP contribution in [0.25, 0.3) is 0 Å². The van der Waals surface area contributed by atoms with Gasteiger partial charge in [-0.3, -0.25) is 4.18 Å². The summed E-state index contributed by atoms with van der Waals surface area (Å²) in [7, 11) is -7.49. The summed E-state index contributed by atoms with van der Waals surface area (Å²) in [5.41, 5.74) is -0.882. The largest absolute Gasteiger partial charge is 0.437 e. The molecule has 0 aromatic heterocycles. The summed E-state index contributed by atoms with van der Waals surface area (Å²) >= 11 is 0. The van der Waals surface area contributed by atoms with E-state index in [0.717, 1.165) is 0 Å². The molecule has 0 bridgehead atoms. The minimum atomic E-state index is -3.79. The second kappa shape index (κ2) is 6.35. The number of hydrogen-bond acceptors (Lipinski definition) is 6. The maximum absolute atomic E-state index is 13.3. The lowest BCUT2D eigenvalue weighted by molar-refractivity contribution is 0.328. The Morgan fingerprint density at radius 1 is 0.913 bits per heavy atom. The first-order chi connectivity index (χ1) is 11.0. The Labute approximate surface area is 134 Å². The molecule has 0 radical (unpaired) electrons. The molecule has 0 N–H and O–H groups in total. The van der Waals surface area contributed by atoms with Crippen LogP contribution in [0.4, 0.5) is 0 Å². The maximum atomic E-state index is 13.3. The zero-order valence-electron chi connectivity index (χ0n) is 12.1. The van der Waals surface area contributed by atoms with E-state index in [9.17, 15) is 13.0 Å². The van der Waals surface area contributed by atoms with Gasteiger partial charge >= 0.3 is 7.60 Å². The standard InChI is InChI=1S/C15H15O6PS/c16-22(15-11-19-23(17,18)12-15,20-13-7-3-1-4-8-13)21-14-9-5-2-6-10-14/h1-10,15H,11-12H2. The van der Waals surface area contributed by atoms with E-state index in [0.29, 0.717) is 11.5 Å². The average Bonchev–Trinajstić information content (AvgIpc) is 2.90. The minimum absolute atomic E-state index is 0.223. The Morgan fingerprint density at radius 3 is 1.78 bits per heavy atom. The molecule has 0 amide bonds. The predicted octanol–water partition coefficient (Wildman–Crippen LogP) is 3.07. The molecule has 0 spiro atoms. The third-order valence-electron chi connectivity index (χ3n) is 3.24. The van der Waals surface area contributed by atoms with Crippen molar-refractivity contribution < 1.29 is 26.2 Å². The van der Waals surface area contributed by atoms with Crippen molar-refractivity contribution in [2.45, 2.75) is 5.66 Å². The normalized spacial score (nSPS) is 20.1. The third kappa shape index (κ3) is 3.93. The summed E-state index contributed by atoms with van der Waals surface area (Å²) in [5.74, 6) is 0.288. The molecule has 1 unspecified atom stereocenters. The SMILES string of the molecule is O=P(Oc1ccccc1)(Oc1ccccc1)C1COS(=O)(=O)C1. The number of para-hydroxylation sites is 2. The smallest absolute Gasteiger partial charge is 0.416 e. The van der Waals surface area contributed by atoms with Crippen molar-refractivity contribution in [2.24, 2.45) is 0 Å². The summed E-state index contributed by atoms with van der Waals surface area (Å²) in [6, 6.07) is 17.0. The van der Waals surface area contributed by atoms with E-state index < -0.39 is 29.1 Å². The lowest BCUT2D eigenvalue weighted by atomic mass is 10.3. The van der Waals surface area contributed by atoms with E-state index in [1.807, 2.05) is 0 Å². The molecule has 1 atom stereocenters. The van der Waals surface area contributed by atoms with Gasteiger partial charge in [-0.2, -0.15) is 8.42 Å². The van der Waals surface area contributed by atoms with Crippen LogP contribution in [0.1, 0.15) is 0 Å². The van der Waals surface area contributed by atoms with E-state index in [1.54, 1.807) is 60.7 Å². The van der Waals surface area contributed by atoms with Crippen molar-refractivity contribution >= 4 is 17.7 Å². The van der Waals surface area contributed by atoms with Gasteiger partial charge in [0.05, 0.1) is 12.4 Å². The molecule has 122 valence electrons. The zero-order valence-corrected chi connectivity index (χ0v) is 13.8. The van der Waals surface area contributed by atoms with Gasteiger partial charge < -0.3 is 9.05 Å². The quantitative estimate of drug-likeness (QED) is 0.606. The van der Waals surface area contributed by atoms with Gasteiger partial charge in [-0.1, -0.05) is 36.4 Å². The fraction of sp³-hybridized carbons (Fsp3) is 0.200. The molecule has 23 heavy (non-hydrogen) atoms. The second-order valence-corrected chi connectivity index (χ2v) is 8.87. The minimum Gasteiger partial charge on any atom is -0.416 e. The van der Waals surface area contributed by atoms with Crippen molar-refractivity contribution in [3.63, 3.8) is 0 Å². The molecule has 0 saturated carbocycles. The first kappa shape index (κ1) is 16.1. The third-order valence-corrected chi connectivity index (χ3v) is 6.94. The van der Waals surface area contributed by atoms with Crippen molar-refractivity contribution in [2.75, 3.05) is 12.4 Å². The molecule has 1 heterocycles.